The van der Waals surface area contributed by atoms with E-state index in [1.807, 2.05) is 12.1 Å². The third-order valence-corrected chi connectivity index (χ3v) is 3.43. The highest BCUT2D eigenvalue weighted by molar-refractivity contribution is 5.70. The fourth-order valence-electron chi connectivity index (χ4n) is 2.34. The second kappa shape index (κ2) is 7.18. The molecular weight excluding hydrogens is 267 g/mol. The molecule has 2 aromatic rings. The number of hydrogen-bond donors (Lipinski definition) is 1. The number of methoxy groups -OCH3 is 1. The maximum absolute atomic E-state index is 13.7. The summed E-state index contributed by atoms with van der Waals surface area (Å²) in [6.45, 7) is 5.10. The zero-order valence-electron chi connectivity index (χ0n) is 12.7. The van der Waals surface area contributed by atoms with Gasteiger partial charge in [0.15, 0.2) is 0 Å². The summed E-state index contributed by atoms with van der Waals surface area (Å²) in [5.74, 6) is 0.371. The molecule has 0 fully saturated rings. The fraction of sp³-hybridized carbons (Fsp3) is 0.353. The molecule has 0 amide bonds. The van der Waals surface area contributed by atoms with Gasteiger partial charge in [-0.25, -0.2) is 4.39 Å². The van der Waals surface area contributed by atoms with E-state index in [0.717, 1.165) is 24.1 Å². The van der Waals surface area contributed by atoms with Crippen molar-refractivity contribution in [2.75, 3.05) is 13.7 Å². The lowest BCUT2D eigenvalue weighted by molar-refractivity contribution is 0.414. The molecular formula is C17H21FN2O. The molecule has 0 radical (unpaired) electrons. The zero-order chi connectivity index (χ0) is 15.2. The van der Waals surface area contributed by atoms with Gasteiger partial charge >= 0.3 is 0 Å². The molecule has 0 spiro atoms. The second-order valence-electron chi connectivity index (χ2n) is 4.96. The summed E-state index contributed by atoms with van der Waals surface area (Å²) in [7, 11) is 1.60. The van der Waals surface area contributed by atoms with E-state index in [0.29, 0.717) is 11.4 Å². The van der Waals surface area contributed by atoms with Crippen LogP contribution in [0.2, 0.25) is 0 Å². The highest BCUT2D eigenvalue weighted by Gasteiger charge is 2.16. The van der Waals surface area contributed by atoms with E-state index in [9.17, 15) is 4.39 Å². The van der Waals surface area contributed by atoms with Crippen molar-refractivity contribution in [3.8, 4) is 17.0 Å². The lowest BCUT2D eigenvalue weighted by atomic mass is 9.97. The summed E-state index contributed by atoms with van der Waals surface area (Å²) >= 11 is 0. The summed E-state index contributed by atoms with van der Waals surface area (Å²) in [6, 6.07) is 8.57. The molecule has 1 unspecified atom stereocenters. The minimum atomic E-state index is -0.274. The average Bonchev–Trinajstić information content (AvgIpc) is 2.52. The Morgan fingerprint density at radius 2 is 2.14 bits per heavy atom. The predicted octanol–water partition coefficient (Wildman–Crippen LogP) is 3.96. The van der Waals surface area contributed by atoms with Crippen LogP contribution in [0.1, 0.15) is 31.9 Å². The number of hydrogen-bond acceptors (Lipinski definition) is 3. The molecule has 1 aromatic heterocycles. The van der Waals surface area contributed by atoms with Crippen molar-refractivity contribution < 1.29 is 9.13 Å². The van der Waals surface area contributed by atoms with Crippen LogP contribution in [0.15, 0.2) is 36.5 Å². The molecule has 0 aliphatic carbocycles. The van der Waals surface area contributed by atoms with Crippen LogP contribution in [0.4, 0.5) is 4.39 Å². The van der Waals surface area contributed by atoms with Crippen LogP contribution in [0, 0.1) is 5.82 Å². The minimum Gasteiger partial charge on any atom is -0.494 e. The third-order valence-electron chi connectivity index (χ3n) is 3.43. The van der Waals surface area contributed by atoms with Gasteiger partial charge in [-0.15, -0.1) is 0 Å². The van der Waals surface area contributed by atoms with Gasteiger partial charge in [-0.05, 0) is 49.7 Å². The van der Waals surface area contributed by atoms with E-state index in [4.69, 9.17) is 4.74 Å². The molecule has 1 atom stereocenters. The van der Waals surface area contributed by atoms with Gasteiger partial charge in [0.05, 0.1) is 7.11 Å². The van der Waals surface area contributed by atoms with E-state index in [1.165, 1.54) is 12.1 Å². The molecule has 1 heterocycles. The highest BCUT2D eigenvalue weighted by atomic mass is 19.1. The van der Waals surface area contributed by atoms with Gasteiger partial charge in [0.25, 0.3) is 0 Å². The Morgan fingerprint density at radius 1 is 1.33 bits per heavy atom. The van der Waals surface area contributed by atoms with Crippen molar-refractivity contribution in [3.05, 3.63) is 47.9 Å². The number of ether oxygens (including phenoxy) is 1. The van der Waals surface area contributed by atoms with Crippen molar-refractivity contribution >= 4 is 0 Å². The van der Waals surface area contributed by atoms with Crippen LogP contribution in [-0.4, -0.2) is 18.6 Å². The fourth-order valence-corrected chi connectivity index (χ4v) is 2.34. The first-order valence-electron chi connectivity index (χ1n) is 7.19. The van der Waals surface area contributed by atoms with Crippen LogP contribution < -0.4 is 10.1 Å². The predicted molar refractivity (Wildman–Crippen MR) is 82.9 cm³/mol. The molecule has 2 rings (SSSR count). The van der Waals surface area contributed by atoms with E-state index in [1.54, 1.807) is 19.4 Å². The molecule has 0 aliphatic rings. The van der Waals surface area contributed by atoms with Gasteiger partial charge in [-0.3, -0.25) is 4.98 Å². The first-order valence-corrected chi connectivity index (χ1v) is 7.19. The molecule has 0 aliphatic heterocycles. The van der Waals surface area contributed by atoms with Crippen molar-refractivity contribution in [2.45, 2.75) is 26.3 Å². The number of nitrogens with zero attached hydrogens (tertiary/aromatic N) is 1. The van der Waals surface area contributed by atoms with Gasteiger partial charge in [0, 0.05) is 17.8 Å². The Bertz CT molecular complexity index is 601. The quantitative estimate of drug-likeness (QED) is 0.873. The van der Waals surface area contributed by atoms with Gasteiger partial charge in [0.2, 0.25) is 0 Å². The number of nitrogens with one attached hydrogen (secondary N) is 1. The normalized spacial score (nSPS) is 12.2. The summed E-state index contributed by atoms with van der Waals surface area (Å²) < 4.78 is 19.0. The zero-order valence-corrected chi connectivity index (χ0v) is 12.7. The smallest absolute Gasteiger partial charge is 0.145 e. The number of pyridine rings is 1. The van der Waals surface area contributed by atoms with Crippen LogP contribution >= 0.6 is 0 Å². The summed E-state index contributed by atoms with van der Waals surface area (Å²) in [6.07, 6.45) is 2.74. The molecule has 21 heavy (non-hydrogen) atoms. The van der Waals surface area contributed by atoms with Crippen LogP contribution in [-0.2, 0) is 0 Å². The molecule has 1 aromatic carbocycles. The van der Waals surface area contributed by atoms with Gasteiger partial charge in [-0.2, -0.15) is 0 Å². The van der Waals surface area contributed by atoms with Gasteiger partial charge in [0.1, 0.15) is 17.3 Å². The third kappa shape index (κ3) is 3.58. The van der Waals surface area contributed by atoms with Crippen LogP contribution in [0.3, 0.4) is 0 Å². The summed E-state index contributed by atoms with van der Waals surface area (Å²) in [5.41, 5.74) is 2.45. The molecule has 3 nitrogen and oxygen atoms in total. The van der Waals surface area contributed by atoms with Gasteiger partial charge < -0.3 is 10.1 Å². The Balaban J connectivity index is 2.48. The molecule has 0 bridgehead atoms. The second-order valence-corrected chi connectivity index (χ2v) is 4.96. The largest absolute Gasteiger partial charge is 0.494 e. The lowest BCUT2D eigenvalue weighted by Gasteiger charge is -2.18. The first kappa shape index (κ1) is 15.4. The van der Waals surface area contributed by atoms with Crippen molar-refractivity contribution in [2.24, 2.45) is 0 Å². The Hall–Kier alpha value is -1.94. The van der Waals surface area contributed by atoms with E-state index in [-0.39, 0.29) is 11.9 Å². The Morgan fingerprint density at radius 3 is 2.86 bits per heavy atom. The lowest BCUT2D eigenvalue weighted by Crippen LogP contribution is -2.20. The molecule has 1 N–H and O–H groups in total. The molecule has 0 saturated carbocycles. The van der Waals surface area contributed by atoms with Crippen LogP contribution in [0.5, 0.6) is 5.75 Å². The first-order chi connectivity index (χ1) is 10.2. The minimum absolute atomic E-state index is 0.118. The topological polar surface area (TPSA) is 34.2 Å². The molecule has 112 valence electrons. The van der Waals surface area contributed by atoms with Crippen molar-refractivity contribution in [1.29, 1.82) is 0 Å². The number of aromatic nitrogens is 1. The van der Waals surface area contributed by atoms with E-state index < -0.39 is 0 Å². The SMILES string of the molecule is CCCNC(C)c1ccc(F)cc1-c1ncccc1OC. The summed E-state index contributed by atoms with van der Waals surface area (Å²) in [4.78, 5) is 4.36. The Labute approximate surface area is 125 Å². The average molecular weight is 288 g/mol. The monoisotopic (exact) mass is 288 g/mol. The van der Waals surface area contributed by atoms with Crippen LogP contribution in [0.25, 0.3) is 11.3 Å². The maximum atomic E-state index is 13.7. The van der Waals surface area contributed by atoms with Crippen molar-refractivity contribution in [3.63, 3.8) is 0 Å². The van der Waals surface area contributed by atoms with Gasteiger partial charge in [-0.1, -0.05) is 13.0 Å². The highest BCUT2D eigenvalue weighted by Crippen LogP contribution is 2.33. The molecule has 4 heteroatoms. The van der Waals surface area contributed by atoms with E-state index in [2.05, 4.69) is 24.1 Å². The maximum Gasteiger partial charge on any atom is 0.145 e. The number of benzene rings is 1. The standard InChI is InChI=1S/C17H21FN2O/c1-4-9-19-12(2)14-8-7-13(18)11-15(14)17-16(21-3)6-5-10-20-17/h5-8,10-12,19H,4,9H2,1-3H3. The number of rotatable bonds is 6. The van der Waals surface area contributed by atoms with E-state index >= 15 is 0 Å². The van der Waals surface area contributed by atoms with Crippen molar-refractivity contribution in [1.82, 2.24) is 10.3 Å². The molecule has 0 saturated heterocycles. The number of halogens is 1. The summed E-state index contributed by atoms with van der Waals surface area (Å²) in [5, 5.41) is 3.42. The Kier molecular flexibility index (Phi) is 5.28.